The topological polar surface area (TPSA) is 24.4 Å². The van der Waals surface area contributed by atoms with Gasteiger partial charge in [-0.25, -0.2) is 0 Å². The van der Waals surface area contributed by atoms with E-state index in [2.05, 4.69) is 24.2 Å². The van der Waals surface area contributed by atoms with E-state index in [0.717, 1.165) is 28.1 Å². The quantitative estimate of drug-likeness (QED) is 0.819. The molecule has 0 aromatic heterocycles. The Kier molecular flexibility index (Phi) is 3.45. The smallest absolute Gasteiger partial charge is 0.161 e. The largest absolute Gasteiger partial charge is 0.334 e. The fraction of sp³-hybridized carbons (Fsp3) is 0.417. The third-order valence-corrected chi connectivity index (χ3v) is 3.68. The number of aliphatic imine (C=N–C) groups is 1. The lowest BCUT2D eigenvalue weighted by Crippen LogP contribution is -2.27. The van der Waals surface area contributed by atoms with E-state index in [9.17, 15) is 0 Å². The van der Waals surface area contributed by atoms with Crippen molar-refractivity contribution >= 4 is 34.2 Å². The van der Waals surface area contributed by atoms with Crippen molar-refractivity contribution in [3.8, 4) is 0 Å². The molecule has 1 heterocycles. The number of rotatable bonds is 1. The standard InChI is InChI=1S/C12H15ClN2S/c1-12(2)7-8-16-11(15-12)14-10-6-4-3-5-9(10)13/h3-6H,7-8H2,1-2H3,(H,14,15). The summed E-state index contributed by atoms with van der Waals surface area (Å²) < 4.78 is 0. The van der Waals surface area contributed by atoms with Crippen molar-refractivity contribution in [2.45, 2.75) is 25.8 Å². The van der Waals surface area contributed by atoms with E-state index in [1.54, 1.807) is 11.8 Å². The Morgan fingerprint density at radius 2 is 2.12 bits per heavy atom. The molecule has 1 aromatic carbocycles. The second-order valence-corrected chi connectivity index (χ2v) is 5.92. The molecule has 16 heavy (non-hydrogen) atoms. The van der Waals surface area contributed by atoms with Crippen LogP contribution in [0.3, 0.4) is 0 Å². The van der Waals surface area contributed by atoms with Gasteiger partial charge in [0.05, 0.1) is 16.2 Å². The molecule has 1 N–H and O–H groups in total. The normalized spacial score (nSPS) is 19.1. The second-order valence-electron chi connectivity index (χ2n) is 4.43. The summed E-state index contributed by atoms with van der Waals surface area (Å²) in [6.45, 7) is 4.31. The minimum Gasteiger partial charge on any atom is -0.334 e. The summed E-state index contributed by atoms with van der Waals surface area (Å²) in [6.07, 6.45) is 1.12. The first-order chi connectivity index (χ1) is 7.57. The molecular weight excluding hydrogens is 240 g/mol. The van der Waals surface area contributed by atoms with Gasteiger partial charge in [0.15, 0.2) is 5.17 Å². The van der Waals surface area contributed by atoms with Gasteiger partial charge in [-0.3, -0.25) is 4.99 Å². The number of nitrogens with one attached hydrogen (secondary N) is 1. The molecule has 0 saturated heterocycles. The lowest BCUT2D eigenvalue weighted by molar-refractivity contribution is 0.507. The van der Waals surface area contributed by atoms with Crippen LogP contribution in [0.4, 0.5) is 5.69 Å². The molecule has 0 saturated carbocycles. The summed E-state index contributed by atoms with van der Waals surface area (Å²) in [4.78, 5) is 4.66. The Labute approximate surface area is 105 Å². The zero-order valence-corrected chi connectivity index (χ0v) is 11.0. The molecule has 86 valence electrons. The summed E-state index contributed by atoms with van der Waals surface area (Å²) in [5, 5.41) is 4.98. The molecule has 0 aliphatic carbocycles. The summed E-state index contributed by atoms with van der Waals surface area (Å²) in [6, 6.07) is 7.73. The number of thioether (sulfide) groups is 1. The molecule has 4 heteroatoms. The van der Waals surface area contributed by atoms with Crippen molar-refractivity contribution in [2.75, 3.05) is 11.1 Å². The SMILES string of the molecule is CC1(C)CCSC(Nc2ccccc2Cl)=N1. The van der Waals surface area contributed by atoms with Crippen molar-refractivity contribution in [3.63, 3.8) is 0 Å². The van der Waals surface area contributed by atoms with Crippen LogP contribution in [0.1, 0.15) is 20.3 Å². The number of nitrogens with zero attached hydrogens (tertiary/aromatic N) is 1. The van der Waals surface area contributed by atoms with Crippen LogP contribution in [0, 0.1) is 0 Å². The van der Waals surface area contributed by atoms with E-state index in [0.29, 0.717) is 0 Å². The van der Waals surface area contributed by atoms with Crippen LogP contribution < -0.4 is 5.32 Å². The first-order valence-electron chi connectivity index (χ1n) is 5.31. The average Bonchev–Trinajstić information content (AvgIpc) is 2.20. The minimum atomic E-state index is 0.0365. The highest BCUT2D eigenvalue weighted by Gasteiger charge is 2.22. The summed E-state index contributed by atoms with van der Waals surface area (Å²) in [5.74, 6) is 1.10. The van der Waals surface area contributed by atoms with Crippen LogP contribution in [-0.4, -0.2) is 16.5 Å². The Morgan fingerprint density at radius 3 is 2.81 bits per heavy atom. The number of benzene rings is 1. The summed E-state index contributed by atoms with van der Waals surface area (Å²) in [5.41, 5.74) is 0.961. The van der Waals surface area contributed by atoms with Crippen molar-refractivity contribution < 1.29 is 0 Å². The average molecular weight is 255 g/mol. The molecular formula is C12H15ClN2S. The second kappa shape index (κ2) is 4.68. The molecule has 0 fully saturated rings. The van der Waals surface area contributed by atoms with Gasteiger partial charge >= 0.3 is 0 Å². The van der Waals surface area contributed by atoms with Gasteiger partial charge in [-0.15, -0.1) is 0 Å². The first-order valence-corrected chi connectivity index (χ1v) is 6.67. The molecule has 0 spiro atoms. The highest BCUT2D eigenvalue weighted by molar-refractivity contribution is 8.14. The van der Waals surface area contributed by atoms with E-state index < -0.39 is 0 Å². The van der Waals surface area contributed by atoms with Crippen LogP contribution in [-0.2, 0) is 0 Å². The zero-order chi connectivity index (χ0) is 11.6. The van der Waals surface area contributed by atoms with Crippen LogP contribution in [0.2, 0.25) is 5.02 Å². The van der Waals surface area contributed by atoms with Crippen LogP contribution in [0.5, 0.6) is 0 Å². The van der Waals surface area contributed by atoms with E-state index in [1.165, 1.54) is 0 Å². The maximum absolute atomic E-state index is 6.09. The molecule has 0 unspecified atom stereocenters. The number of anilines is 1. The van der Waals surface area contributed by atoms with Crippen molar-refractivity contribution in [1.29, 1.82) is 0 Å². The highest BCUT2D eigenvalue weighted by Crippen LogP contribution is 2.28. The predicted octanol–water partition coefficient (Wildman–Crippen LogP) is 4.02. The van der Waals surface area contributed by atoms with Gasteiger partial charge in [0.1, 0.15) is 0 Å². The van der Waals surface area contributed by atoms with E-state index in [-0.39, 0.29) is 5.54 Å². The molecule has 0 amide bonds. The van der Waals surface area contributed by atoms with E-state index in [4.69, 9.17) is 11.6 Å². The fourth-order valence-corrected chi connectivity index (χ4v) is 2.97. The lowest BCUT2D eigenvalue weighted by atomic mass is 10.0. The van der Waals surface area contributed by atoms with Gasteiger partial charge in [0, 0.05) is 5.75 Å². The van der Waals surface area contributed by atoms with E-state index >= 15 is 0 Å². The fourth-order valence-electron chi connectivity index (χ4n) is 1.50. The van der Waals surface area contributed by atoms with Crippen molar-refractivity contribution in [2.24, 2.45) is 4.99 Å². The summed E-state index contributed by atoms with van der Waals surface area (Å²) in [7, 11) is 0. The molecule has 2 rings (SSSR count). The number of hydrogen-bond acceptors (Lipinski definition) is 3. The molecule has 1 aromatic rings. The van der Waals surface area contributed by atoms with E-state index in [1.807, 2.05) is 24.3 Å². The molecule has 2 nitrogen and oxygen atoms in total. The molecule has 0 atom stereocenters. The summed E-state index contributed by atoms with van der Waals surface area (Å²) >= 11 is 7.84. The van der Waals surface area contributed by atoms with Gasteiger partial charge in [0.25, 0.3) is 0 Å². The number of amidine groups is 1. The van der Waals surface area contributed by atoms with Crippen molar-refractivity contribution in [1.82, 2.24) is 0 Å². The van der Waals surface area contributed by atoms with Crippen LogP contribution in [0.15, 0.2) is 29.3 Å². The Balaban J connectivity index is 2.16. The number of hydrogen-bond donors (Lipinski definition) is 1. The van der Waals surface area contributed by atoms with Gasteiger partial charge in [-0.05, 0) is 32.4 Å². The molecule has 1 aliphatic rings. The monoisotopic (exact) mass is 254 g/mol. The third-order valence-electron chi connectivity index (χ3n) is 2.47. The third kappa shape index (κ3) is 2.92. The Bertz CT molecular complexity index is 415. The Hall–Kier alpha value is -0.670. The minimum absolute atomic E-state index is 0.0365. The highest BCUT2D eigenvalue weighted by atomic mass is 35.5. The molecule has 1 aliphatic heterocycles. The number of para-hydroxylation sites is 1. The van der Waals surface area contributed by atoms with Gasteiger partial charge in [-0.2, -0.15) is 0 Å². The van der Waals surface area contributed by atoms with Crippen molar-refractivity contribution in [3.05, 3.63) is 29.3 Å². The number of halogens is 1. The first kappa shape index (κ1) is 11.8. The van der Waals surface area contributed by atoms with Gasteiger partial charge in [-0.1, -0.05) is 35.5 Å². The maximum Gasteiger partial charge on any atom is 0.161 e. The lowest BCUT2D eigenvalue weighted by Gasteiger charge is -2.26. The van der Waals surface area contributed by atoms with Gasteiger partial charge in [0.2, 0.25) is 0 Å². The van der Waals surface area contributed by atoms with Gasteiger partial charge < -0.3 is 5.32 Å². The Morgan fingerprint density at radius 1 is 1.38 bits per heavy atom. The zero-order valence-electron chi connectivity index (χ0n) is 9.46. The molecule has 0 radical (unpaired) electrons. The van der Waals surface area contributed by atoms with Crippen LogP contribution in [0.25, 0.3) is 0 Å². The van der Waals surface area contributed by atoms with Crippen LogP contribution >= 0.6 is 23.4 Å². The maximum atomic E-state index is 6.09. The molecule has 0 bridgehead atoms. The predicted molar refractivity (Wildman–Crippen MR) is 73.7 cm³/mol.